The summed E-state index contributed by atoms with van der Waals surface area (Å²) in [5.74, 6) is -0.354. The molecule has 2 amide bonds. The maximum absolute atomic E-state index is 12.7. The SMILES string of the molecule is CCCCNC(=O)N(CCOCc1cc(Cl)cc(Cl)c1)CCOc1ccc(CC(OCC)C(=O)O)cc1. The lowest BCUT2D eigenvalue weighted by molar-refractivity contribution is -0.149. The molecule has 0 aliphatic heterocycles. The van der Waals surface area contributed by atoms with E-state index in [9.17, 15) is 14.7 Å². The Kier molecular flexibility index (Phi) is 14.2. The Morgan fingerprint density at radius 3 is 2.30 bits per heavy atom. The van der Waals surface area contributed by atoms with Crippen molar-refractivity contribution >= 4 is 35.2 Å². The molecule has 0 saturated heterocycles. The third-order valence-electron chi connectivity index (χ3n) is 5.41. The summed E-state index contributed by atoms with van der Waals surface area (Å²) in [6.45, 7) is 6.50. The number of unbranched alkanes of at least 4 members (excludes halogenated alkanes) is 1. The van der Waals surface area contributed by atoms with Gasteiger partial charge in [-0.25, -0.2) is 9.59 Å². The molecular formula is C27H36Cl2N2O6. The van der Waals surface area contributed by atoms with Crippen molar-refractivity contribution in [3.63, 3.8) is 0 Å². The number of aliphatic carboxylic acids is 1. The van der Waals surface area contributed by atoms with E-state index in [-0.39, 0.29) is 12.5 Å². The zero-order valence-corrected chi connectivity index (χ0v) is 22.9. The van der Waals surface area contributed by atoms with Crippen LogP contribution in [0.1, 0.15) is 37.8 Å². The number of amides is 2. The number of hydrogen-bond acceptors (Lipinski definition) is 5. The number of carboxylic acid groups (broad SMARTS) is 1. The van der Waals surface area contributed by atoms with Crippen LogP contribution in [0.5, 0.6) is 5.75 Å². The third-order valence-corrected chi connectivity index (χ3v) is 5.84. The minimum Gasteiger partial charge on any atom is -0.492 e. The summed E-state index contributed by atoms with van der Waals surface area (Å²) in [6, 6.07) is 12.3. The molecule has 0 fully saturated rings. The van der Waals surface area contributed by atoms with Gasteiger partial charge in [-0.1, -0.05) is 48.7 Å². The zero-order chi connectivity index (χ0) is 27.0. The Labute approximate surface area is 228 Å². The lowest BCUT2D eigenvalue weighted by Crippen LogP contribution is -2.44. The highest BCUT2D eigenvalue weighted by atomic mass is 35.5. The van der Waals surface area contributed by atoms with Crippen LogP contribution in [0.3, 0.4) is 0 Å². The van der Waals surface area contributed by atoms with Gasteiger partial charge in [-0.05, 0) is 54.8 Å². The number of urea groups is 1. The number of carbonyl (C=O) groups is 2. The molecule has 2 aromatic rings. The number of carbonyl (C=O) groups excluding carboxylic acids is 1. The molecule has 2 rings (SSSR count). The van der Waals surface area contributed by atoms with E-state index in [0.29, 0.717) is 61.9 Å². The molecule has 0 spiro atoms. The van der Waals surface area contributed by atoms with Crippen molar-refractivity contribution in [1.29, 1.82) is 0 Å². The lowest BCUT2D eigenvalue weighted by Gasteiger charge is -2.23. The molecule has 1 atom stereocenters. The molecule has 1 unspecified atom stereocenters. The number of ether oxygens (including phenoxy) is 3. The second-order valence-electron chi connectivity index (χ2n) is 8.38. The van der Waals surface area contributed by atoms with E-state index >= 15 is 0 Å². The number of rotatable bonds is 17. The lowest BCUT2D eigenvalue weighted by atomic mass is 10.1. The van der Waals surface area contributed by atoms with Gasteiger partial charge < -0.3 is 29.5 Å². The van der Waals surface area contributed by atoms with E-state index in [4.69, 9.17) is 37.4 Å². The van der Waals surface area contributed by atoms with Crippen LogP contribution < -0.4 is 10.1 Å². The quantitative estimate of drug-likeness (QED) is 0.253. The van der Waals surface area contributed by atoms with Crippen LogP contribution >= 0.6 is 23.2 Å². The maximum atomic E-state index is 12.7. The molecule has 8 nitrogen and oxygen atoms in total. The monoisotopic (exact) mass is 554 g/mol. The van der Waals surface area contributed by atoms with Crippen LogP contribution in [0.4, 0.5) is 4.79 Å². The van der Waals surface area contributed by atoms with Gasteiger partial charge in [-0.3, -0.25) is 0 Å². The highest BCUT2D eigenvalue weighted by Crippen LogP contribution is 2.19. The second kappa shape index (κ2) is 17.1. The molecule has 0 saturated carbocycles. The summed E-state index contributed by atoms with van der Waals surface area (Å²) in [7, 11) is 0. The Hall–Kier alpha value is -2.52. The van der Waals surface area contributed by atoms with Crippen molar-refractivity contribution in [2.45, 2.75) is 45.8 Å². The summed E-state index contributed by atoms with van der Waals surface area (Å²) in [5.41, 5.74) is 1.70. The van der Waals surface area contributed by atoms with Gasteiger partial charge in [0.05, 0.1) is 19.8 Å². The fourth-order valence-corrected chi connectivity index (χ4v) is 4.06. The number of halogens is 2. The van der Waals surface area contributed by atoms with Gasteiger partial charge in [0.15, 0.2) is 6.10 Å². The van der Waals surface area contributed by atoms with Gasteiger partial charge in [0.2, 0.25) is 0 Å². The number of nitrogens with one attached hydrogen (secondary N) is 1. The molecule has 0 aliphatic rings. The predicted molar refractivity (Wildman–Crippen MR) is 145 cm³/mol. The normalized spacial score (nSPS) is 11.7. The molecule has 0 radical (unpaired) electrons. The van der Waals surface area contributed by atoms with E-state index in [1.54, 1.807) is 42.2 Å². The van der Waals surface area contributed by atoms with Gasteiger partial charge in [-0.2, -0.15) is 0 Å². The van der Waals surface area contributed by atoms with E-state index in [1.165, 1.54) is 0 Å². The third kappa shape index (κ3) is 12.0. The summed E-state index contributed by atoms with van der Waals surface area (Å²) in [5, 5.41) is 13.3. The Balaban J connectivity index is 1.85. The van der Waals surface area contributed by atoms with Gasteiger partial charge in [0.25, 0.3) is 0 Å². The largest absolute Gasteiger partial charge is 0.492 e. The van der Waals surface area contributed by atoms with Crippen molar-refractivity contribution in [2.24, 2.45) is 0 Å². The smallest absolute Gasteiger partial charge is 0.333 e. The van der Waals surface area contributed by atoms with Crippen LogP contribution in [-0.2, 0) is 27.3 Å². The summed E-state index contributed by atoms with van der Waals surface area (Å²) >= 11 is 12.1. The fourth-order valence-electron chi connectivity index (χ4n) is 3.49. The average molecular weight is 555 g/mol. The molecule has 0 heterocycles. The first-order valence-electron chi connectivity index (χ1n) is 12.4. The van der Waals surface area contributed by atoms with Crippen molar-refractivity contribution in [2.75, 3.05) is 39.5 Å². The minimum absolute atomic E-state index is 0.169. The fraction of sp³-hybridized carbons (Fsp3) is 0.481. The van der Waals surface area contributed by atoms with E-state index < -0.39 is 12.1 Å². The van der Waals surface area contributed by atoms with Crippen molar-refractivity contribution in [3.8, 4) is 5.75 Å². The molecule has 0 bridgehead atoms. The Morgan fingerprint density at radius 2 is 1.68 bits per heavy atom. The van der Waals surface area contributed by atoms with Crippen molar-refractivity contribution in [1.82, 2.24) is 10.2 Å². The minimum atomic E-state index is -0.986. The zero-order valence-electron chi connectivity index (χ0n) is 21.4. The standard InChI is InChI=1S/C27H36Cl2N2O6/c1-3-5-10-30-27(34)31(11-13-35-19-21-15-22(28)18-23(29)16-21)12-14-37-24-8-6-20(7-9-24)17-25(26(32)33)36-4-2/h6-9,15-16,18,25H,3-5,10-14,17,19H2,1-2H3,(H,30,34)(H,32,33). The highest BCUT2D eigenvalue weighted by molar-refractivity contribution is 6.34. The Morgan fingerprint density at radius 1 is 1.00 bits per heavy atom. The topological polar surface area (TPSA) is 97.3 Å². The summed E-state index contributed by atoms with van der Waals surface area (Å²) < 4.78 is 16.8. The molecule has 2 N–H and O–H groups in total. The van der Waals surface area contributed by atoms with Gasteiger partial charge in [0.1, 0.15) is 12.4 Å². The van der Waals surface area contributed by atoms with Crippen molar-refractivity contribution in [3.05, 3.63) is 63.6 Å². The molecule has 0 aliphatic carbocycles. The first kappa shape index (κ1) is 30.7. The van der Waals surface area contributed by atoms with Gasteiger partial charge in [0, 0.05) is 36.2 Å². The van der Waals surface area contributed by atoms with Crippen LogP contribution in [-0.4, -0.2) is 67.6 Å². The van der Waals surface area contributed by atoms with Crippen LogP contribution in [0.2, 0.25) is 10.0 Å². The Bertz CT molecular complexity index is 954. The highest BCUT2D eigenvalue weighted by Gasteiger charge is 2.18. The number of carboxylic acids is 1. The number of benzene rings is 2. The molecule has 204 valence electrons. The molecule has 10 heteroatoms. The van der Waals surface area contributed by atoms with Crippen LogP contribution in [0, 0.1) is 0 Å². The van der Waals surface area contributed by atoms with E-state index in [1.807, 2.05) is 12.1 Å². The number of nitrogens with zero attached hydrogens (tertiary/aromatic N) is 1. The summed E-state index contributed by atoms with van der Waals surface area (Å²) in [4.78, 5) is 25.6. The molecular weight excluding hydrogens is 519 g/mol. The first-order valence-corrected chi connectivity index (χ1v) is 13.2. The predicted octanol–water partition coefficient (Wildman–Crippen LogP) is 5.43. The van der Waals surface area contributed by atoms with Crippen molar-refractivity contribution < 1.29 is 28.9 Å². The first-order chi connectivity index (χ1) is 17.8. The van der Waals surface area contributed by atoms with E-state index in [0.717, 1.165) is 24.0 Å². The average Bonchev–Trinajstić information content (AvgIpc) is 2.85. The van der Waals surface area contributed by atoms with Crippen LogP contribution in [0.25, 0.3) is 0 Å². The van der Waals surface area contributed by atoms with Gasteiger partial charge in [-0.15, -0.1) is 0 Å². The van der Waals surface area contributed by atoms with E-state index in [2.05, 4.69) is 12.2 Å². The summed E-state index contributed by atoms with van der Waals surface area (Å²) in [6.07, 6.45) is 1.29. The second-order valence-corrected chi connectivity index (χ2v) is 9.25. The van der Waals surface area contributed by atoms with Gasteiger partial charge >= 0.3 is 12.0 Å². The molecule has 0 aromatic heterocycles. The molecule has 37 heavy (non-hydrogen) atoms. The molecule has 2 aromatic carbocycles. The number of hydrogen-bond donors (Lipinski definition) is 2. The van der Waals surface area contributed by atoms with Crippen LogP contribution in [0.15, 0.2) is 42.5 Å². The maximum Gasteiger partial charge on any atom is 0.333 e.